The molecule has 1 saturated carbocycles. The van der Waals surface area contributed by atoms with Gasteiger partial charge in [0.15, 0.2) is 0 Å². The van der Waals surface area contributed by atoms with Gasteiger partial charge in [-0.2, -0.15) is 0 Å². The minimum absolute atomic E-state index is 0.00879. The lowest BCUT2D eigenvalue weighted by Gasteiger charge is -2.19. The van der Waals surface area contributed by atoms with Gasteiger partial charge in [-0.15, -0.1) is 0 Å². The summed E-state index contributed by atoms with van der Waals surface area (Å²) in [5.41, 5.74) is 1.02. The molecule has 0 radical (unpaired) electrons. The number of hydrogen-bond donors (Lipinski definition) is 3. The monoisotopic (exact) mass is 277 g/mol. The summed E-state index contributed by atoms with van der Waals surface area (Å²) in [6.45, 7) is 1.97. The molecule has 2 rings (SSSR count). The Morgan fingerprint density at radius 2 is 2.05 bits per heavy atom. The van der Waals surface area contributed by atoms with Gasteiger partial charge >= 0.3 is 0 Å². The van der Waals surface area contributed by atoms with Gasteiger partial charge in [0.1, 0.15) is 0 Å². The third-order valence-electron chi connectivity index (χ3n) is 4.17. The number of hydrogen-bond acceptors (Lipinski definition) is 3. The summed E-state index contributed by atoms with van der Waals surface area (Å²) in [6, 6.07) is 9.71. The first-order valence-corrected chi connectivity index (χ1v) is 7.30. The van der Waals surface area contributed by atoms with Gasteiger partial charge in [0, 0.05) is 18.6 Å². The smallest absolute Gasteiger partial charge is 0.227 e. The minimum Gasteiger partial charge on any atom is -0.396 e. The Hall–Kier alpha value is -1.39. The van der Waals surface area contributed by atoms with Crippen LogP contribution in [0.1, 0.15) is 37.7 Å². The molecule has 0 aliphatic heterocycles. The van der Waals surface area contributed by atoms with Gasteiger partial charge in [-0.25, -0.2) is 0 Å². The molecule has 0 spiro atoms. The van der Waals surface area contributed by atoms with E-state index in [-0.39, 0.29) is 30.4 Å². The Kier molecular flexibility index (Phi) is 5.15. The molecule has 0 aromatic heterocycles. The van der Waals surface area contributed by atoms with Crippen molar-refractivity contribution in [3.05, 3.63) is 35.9 Å². The highest BCUT2D eigenvalue weighted by atomic mass is 16.3. The SMILES string of the molecule is CC[C@H](C(=O)N[C@@H]1C[C@H](CO)[C@H](O)C1)c1ccccc1. The second kappa shape index (κ2) is 6.86. The summed E-state index contributed by atoms with van der Waals surface area (Å²) in [7, 11) is 0. The maximum atomic E-state index is 12.4. The molecule has 0 heterocycles. The molecule has 1 fully saturated rings. The third kappa shape index (κ3) is 3.38. The fourth-order valence-corrected chi connectivity index (χ4v) is 2.98. The number of aliphatic hydroxyl groups is 2. The molecule has 20 heavy (non-hydrogen) atoms. The third-order valence-corrected chi connectivity index (χ3v) is 4.17. The van der Waals surface area contributed by atoms with Crippen LogP contribution in [0.15, 0.2) is 30.3 Å². The fraction of sp³-hybridized carbons (Fsp3) is 0.562. The van der Waals surface area contributed by atoms with Gasteiger partial charge in [-0.1, -0.05) is 37.3 Å². The van der Waals surface area contributed by atoms with Gasteiger partial charge in [0.25, 0.3) is 0 Å². The van der Waals surface area contributed by atoms with Gasteiger partial charge in [-0.05, 0) is 24.8 Å². The summed E-state index contributed by atoms with van der Waals surface area (Å²) in [6.07, 6.45) is 1.41. The van der Waals surface area contributed by atoms with Crippen LogP contribution in [0.2, 0.25) is 0 Å². The Morgan fingerprint density at radius 3 is 2.60 bits per heavy atom. The van der Waals surface area contributed by atoms with Gasteiger partial charge < -0.3 is 15.5 Å². The maximum absolute atomic E-state index is 12.4. The second-order valence-corrected chi connectivity index (χ2v) is 5.56. The zero-order valence-corrected chi connectivity index (χ0v) is 11.8. The number of aliphatic hydroxyl groups excluding tert-OH is 2. The number of nitrogens with one attached hydrogen (secondary N) is 1. The molecule has 4 heteroatoms. The van der Waals surface area contributed by atoms with Crippen LogP contribution in [0.25, 0.3) is 0 Å². The average molecular weight is 277 g/mol. The van der Waals surface area contributed by atoms with Crippen LogP contribution in [0.5, 0.6) is 0 Å². The highest BCUT2D eigenvalue weighted by Crippen LogP contribution is 2.27. The molecule has 4 atom stereocenters. The van der Waals surface area contributed by atoms with E-state index in [9.17, 15) is 9.90 Å². The van der Waals surface area contributed by atoms with Crippen LogP contribution in [0.3, 0.4) is 0 Å². The minimum atomic E-state index is -0.512. The van der Waals surface area contributed by atoms with E-state index in [2.05, 4.69) is 5.32 Å². The number of carbonyl (C=O) groups is 1. The van der Waals surface area contributed by atoms with E-state index in [1.807, 2.05) is 37.3 Å². The van der Waals surface area contributed by atoms with Crippen molar-refractivity contribution < 1.29 is 15.0 Å². The average Bonchev–Trinajstić information content (AvgIpc) is 2.80. The Bertz CT molecular complexity index is 435. The molecule has 0 saturated heterocycles. The Balaban J connectivity index is 1.97. The van der Waals surface area contributed by atoms with Gasteiger partial charge in [0.05, 0.1) is 12.0 Å². The van der Waals surface area contributed by atoms with Crippen LogP contribution >= 0.6 is 0 Å². The van der Waals surface area contributed by atoms with Crippen molar-refractivity contribution in [1.82, 2.24) is 5.32 Å². The van der Waals surface area contributed by atoms with E-state index in [4.69, 9.17) is 5.11 Å². The van der Waals surface area contributed by atoms with Crippen LogP contribution in [0, 0.1) is 5.92 Å². The van der Waals surface area contributed by atoms with Crippen molar-refractivity contribution in [3.8, 4) is 0 Å². The molecule has 1 aromatic rings. The molecular weight excluding hydrogens is 254 g/mol. The lowest BCUT2D eigenvalue weighted by Crippen LogP contribution is -2.36. The van der Waals surface area contributed by atoms with Crippen molar-refractivity contribution in [2.24, 2.45) is 5.92 Å². The van der Waals surface area contributed by atoms with Crippen molar-refractivity contribution in [3.63, 3.8) is 0 Å². The molecule has 3 N–H and O–H groups in total. The first-order valence-electron chi connectivity index (χ1n) is 7.30. The normalized spacial score (nSPS) is 27.2. The first-order chi connectivity index (χ1) is 9.65. The lowest BCUT2D eigenvalue weighted by atomic mass is 9.95. The van der Waals surface area contributed by atoms with E-state index in [1.165, 1.54) is 0 Å². The van der Waals surface area contributed by atoms with Crippen molar-refractivity contribution in [2.45, 2.75) is 44.2 Å². The summed E-state index contributed by atoms with van der Waals surface area (Å²) in [5, 5.41) is 21.9. The number of amides is 1. The molecule has 1 amide bonds. The molecule has 0 unspecified atom stereocenters. The van der Waals surface area contributed by atoms with E-state index in [0.717, 1.165) is 12.0 Å². The van der Waals surface area contributed by atoms with Crippen LogP contribution in [-0.2, 0) is 4.79 Å². The fourth-order valence-electron chi connectivity index (χ4n) is 2.98. The van der Waals surface area contributed by atoms with Gasteiger partial charge in [-0.3, -0.25) is 4.79 Å². The summed E-state index contributed by atoms with van der Waals surface area (Å²) < 4.78 is 0. The largest absolute Gasteiger partial charge is 0.396 e. The standard InChI is InChI=1S/C16H23NO3/c1-2-14(11-6-4-3-5-7-11)16(20)17-13-8-12(10-18)15(19)9-13/h3-7,12-15,18-19H,2,8-10H2,1H3,(H,17,20)/t12-,13-,14+,15-/m1/s1. The van der Waals surface area contributed by atoms with Gasteiger partial charge in [0.2, 0.25) is 5.91 Å². The topological polar surface area (TPSA) is 69.6 Å². The second-order valence-electron chi connectivity index (χ2n) is 5.56. The highest BCUT2D eigenvalue weighted by Gasteiger charge is 2.34. The Labute approximate surface area is 119 Å². The molecule has 110 valence electrons. The van der Waals surface area contributed by atoms with Crippen molar-refractivity contribution >= 4 is 5.91 Å². The summed E-state index contributed by atoms with van der Waals surface area (Å²) >= 11 is 0. The van der Waals surface area contributed by atoms with E-state index >= 15 is 0 Å². The molecular formula is C16H23NO3. The predicted molar refractivity (Wildman–Crippen MR) is 77.2 cm³/mol. The number of rotatable bonds is 5. The van der Waals surface area contributed by atoms with Crippen LogP contribution in [-0.4, -0.2) is 34.9 Å². The molecule has 1 aliphatic carbocycles. The van der Waals surface area contributed by atoms with Crippen molar-refractivity contribution in [2.75, 3.05) is 6.61 Å². The molecule has 0 bridgehead atoms. The summed E-state index contributed by atoms with van der Waals surface area (Å²) in [4.78, 5) is 12.4. The predicted octanol–water partition coefficient (Wildman–Crippen LogP) is 1.43. The summed E-state index contributed by atoms with van der Waals surface area (Å²) in [5.74, 6) is -0.256. The number of benzene rings is 1. The Morgan fingerprint density at radius 1 is 1.35 bits per heavy atom. The zero-order valence-electron chi connectivity index (χ0n) is 11.8. The quantitative estimate of drug-likeness (QED) is 0.762. The first kappa shape index (κ1) is 15.0. The molecule has 1 aromatic carbocycles. The van der Waals surface area contributed by atoms with E-state index in [0.29, 0.717) is 12.8 Å². The van der Waals surface area contributed by atoms with E-state index in [1.54, 1.807) is 0 Å². The van der Waals surface area contributed by atoms with Crippen LogP contribution < -0.4 is 5.32 Å². The number of carbonyl (C=O) groups excluding carboxylic acids is 1. The molecule has 4 nitrogen and oxygen atoms in total. The molecule has 1 aliphatic rings. The van der Waals surface area contributed by atoms with Crippen molar-refractivity contribution in [1.29, 1.82) is 0 Å². The van der Waals surface area contributed by atoms with E-state index < -0.39 is 6.10 Å². The highest BCUT2D eigenvalue weighted by molar-refractivity contribution is 5.83. The van der Waals surface area contributed by atoms with Crippen LogP contribution in [0.4, 0.5) is 0 Å². The lowest BCUT2D eigenvalue weighted by molar-refractivity contribution is -0.123. The zero-order chi connectivity index (χ0) is 14.5. The maximum Gasteiger partial charge on any atom is 0.227 e.